The Labute approximate surface area is 104 Å². The van der Waals surface area contributed by atoms with Crippen LogP contribution in [0.3, 0.4) is 0 Å². The van der Waals surface area contributed by atoms with Crippen LogP contribution in [-0.2, 0) is 13.5 Å². The number of nitrogens with zero attached hydrogens (tertiary/aromatic N) is 2. The Morgan fingerprint density at radius 2 is 2.31 bits per heavy atom. The van der Waals surface area contributed by atoms with Crippen LogP contribution in [0.2, 0.25) is 4.34 Å². The summed E-state index contributed by atoms with van der Waals surface area (Å²) in [6, 6.07) is 5.75. The van der Waals surface area contributed by atoms with Gasteiger partial charge in [-0.2, -0.15) is 5.10 Å². The highest BCUT2D eigenvalue weighted by Crippen LogP contribution is 2.29. The molecule has 1 atom stereocenters. The zero-order chi connectivity index (χ0) is 11.7. The number of hydrogen-bond acceptors (Lipinski definition) is 3. The van der Waals surface area contributed by atoms with E-state index in [9.17, 15) is 0 Å². The van der Waals surface area contributed by atoms with Crippen molar-refractivity contribution in [2.24, 2.45) is 12.8 Å². The predicted molar refractivity (Wildman–Crippen MR) is 67.9 cm³/mol. The topological polar surface area (TPSA) is 43.8 Å². The third-order valence-electron chi connectivity index (χ3n) is 2.55. The van der Waals surface area contributed by atoms with Crippen LogP contribution >= 0.6 is 22.9 Å². The number of aromatic nitrogens is 2. The Bertz CT molecular complexity index is 489. The Balaban J connectivity index is 2.33. The second kappa shape index (κ2) is 4.57. The molecule has 0 aliphatic heterocycles. The zero-order valence-electron chi connectivity index (χ0n) is 9.27. The van der Waals surface area contributed by atoms with E-state index >= 15 is 0 Å². The van der Waals surface area contributed by atoms with Gasteiger partial charge in [-0.15, -0.1) is 11.3 Å². The van der Waals surface area contributed by atoms with Crippen LogP contribution in [0.15, 0.2) is 18.2 Å². The standard InChI is InChI=1S/C11H14ClN3S/c1-3-7-6-8(15(2)14-7)11(13)9-4-5-10(12)16-9/h4-6,11H,3,13H2,1-2H3. The van der Waals surface area contributed by atoms with Crippen molar-refractivity contribution in [3.63, 3.8) is 0 Å². The fraction of sp³-hybridized carbons (Fsp3) is 0.364. The van der Waals surface area contributed by atoms with E-state index in [1.54, 1.807) is 0 Å². The van der Waals surface area contributed by atoms with Crippen LogP contribution < -0.4 is 5.73 Å². The SMILES string of the molecule is CCc1cc(C(N)c2ccc(Cl)s2)n(C)n1. The average Bonchev–Trinajstić information content (AvgIpc) is 2.83. The number of halogens is 1. The summed E-state index contributed by atoms with van der Waals surface area (Å²) >= 11 is 7.42. The van der Waals surface area contributed by atoms with E-state index in [1.807, 2.05) is 23.9 Å². The van der Waals surface area contributed by atoms with Gasteiger partial charge in [-0.05, 0) is 24.6 Å². The molecule has 0 fully saturated rings. The molecule has 2 rings (SSSR count). The van der Waals surface area contributed by atoms with Gasteiger partial charge in [0.2, 0.25) is 0 Å². The summed E-state index contributed by atoms with van der Waals surface area (Å²) in [5.74, 6) is 0. The first-order valence-corrected chi connectivity index (χ1v) is 6.35. The summed E-state index contributed by atoms with van der Waals surface area (Å²) in [4.78, 5) is 1.07. The van der Waals surface area contributed by atoms with Crippen LogP contribution in [0.4, 0.5) is 0 Å². The molecule has 0 aromatic carbocycles. The molecule has 3 nitrogen and oxygen atoms in total. The van der Waals surface area contributed by atoms with E-state index in [1.165, 1.54) is 11.3 Å². The monoisotopic (exact) mass is 255 g/mol. The summed E-state index contributed by atoms with van der Waals surface area (Å²) in [5, 5.41) is 4.39. The summed E-state index contributed by atoms with van der Waals surface area (Å²) in [6.07, 6.45) is 0.922. The van der Waals surface area contributed by atoms with Crippen molar-refractivity contribution in [2.75, 3.05) is 0 Å². The van der Waals surface area contributed by atoms with Crippen LogP contribution in [-0.4, -0.2) is 9.78 Å². The summed E-state index contributed by atoms with van der Waals surface area (Å²) in [7, 11) is 1.92. The maximum absolute atomic E-state index is 6.19. The van der Waals surface area contributed by atoms with Crippen molar-refractivity contribution < 1.29 is 0 Å². The van der Waals surface area contributed by atoms with Crippen molar-refractivity contribution in [1.82, 2.24) is 9.78 Å². The minimum Gasteiger partial charge on any atom is -0.318 e. The lowest BCUT2D eigenvalue weighted by Gasteiger charge is -2.09. The highest BCUT2D eigenvalue weighted by Gasteiger charge is 2.16. The lowest BCUT2D eigenvalue weighted by Crippen LogP contribution is -2.14. The van der Waals surface area contributed by atoms with Crippen molar-refractivity contribution in [2.45, 2.75) is 19.4 Å². The average molecular weight is 256 g/mol. The lowest BCUT2D eigenvalue weighted by atomic mass is 10.1. The molecule has 5 heteroatoms. The normalized spacial score (nSPS) is 13.0. The highest BCUT2D eigenvalue weighted by atomic mass is 35.5. The van der Waals surface area contributed by atoms with Crippen LogP contribution in [0.25, 0.3) is 0 Å². The van der Waals surface area contributed by atoms with E-state index in [2.05, 4.69) is 18.1 Å². The Hall–Kier alpha value is -0.840. The van der Waals surface area contributed by atoms with Gasteiger partial charge in [0.1, 0.15) is 0 Å². The summed E-state index contributed by atoms with van der Waals surface area (Å²) in [6.45, 7) is 2.08. The minimum absolute atomic E-state index is 0.143. The van der Waals surface area contributed by atoms with E-state index in [4.69, 9.17) is 17.3 Å². The third kappa shape index (κ3) is 2.14. The van der Waals surface area contributed by atoms with Crippen LogP contribution in [0, 0.1) is 0 Å². The Morgan fingerprint density at radius 1 is 1.56 bits per heavy atom. The van der Waals surface area contributed by atoms with Gasteiger partial charge in [-0.3, -0.25) is 4.68 Å². The number of rotatable bonds is 3. The van der Waals surface area contributed by atoms with Crippen molar-refractivity contribution in [1.29, 1.82) is 0 Å². The summed E-state index contributed by atoms with van der Waals surface area (Å²) < 4.78 is 2.61. The molecular formula is C11H14ClN3S. The van der Waals surface area contributed by atoms with Crippen molar-refractivity contribution >= 4 is 22.9 Å². The Morgan fingerprint density at radius 3 is 2.81 bits per heavy atom. The van der Waals surface area contributed by atoms with Gasteiger partial charge in [0.25, 0.3) is 0 Å². The van der Waals surface area contributed by atoms with E-state index in [-0.39, 0.29) is 6.04 Å². The molecule has 0 radical (unpaired) electrons. The molecule has 2 heterocycles. The highest BCUT2D eigenvalue weighted by molar-refractivity contribution is 7.16. The van der Waals surface area contributed by atoms with Crippen molar-refractivity contribution in [3.05, 3.63) is 38.8 Å². The van der Waals surface area contributed by atoms with Gasteiger partial charge in [0.05, 0.1) is 21.8 Å². The van der Waals surface area contributed by atoms with Crippen LogP contribution in [0.1, 0.15) is 29.2 Å². The van der Waals surface area contributed by atoms with E-state index in [0.717, 1.165) is 27.0 Å². The van der Waals surface area contributed by atoms with Gasteiger partial charge in [-0.25, -0.2) is 0 Å². The summed E-state index contributed by atoms with van der Waals surface area (Å²) in [5.41, 5.74) is 8.28. The second-order valence-electron chi connectivity index (χ2n) is 3.66. The van der Waals surface area contributed by atoms with Crippen LogP contribution in [0.5, 0.6) is 0 Å². The number of nitrogens with two attached hydrogens (primary N) is 1. The fourth-order valence-corrected chi connectivity index (χ4v) is 2.72. The number of thiophene rings is 1. The minimum atomic E-state index is -0.143. The first kappa shape index (κ1) is 11.6. The molecule has 2 N–H and O–H groups in total. The molecule has 0 saturated carbocycles. The molecule has 0 aliphatic carbocycles. The number of aryl methyl sites for hydroxylation is 2. The largest absolute Gasteiger partial charge is 0.318 e. The molecule has 1 unspecified atom stereocenters. The molecule has 16 heavy (non-hydrogen) atoms. The Kier molecular flexibility index (Phi) is 3.33. The fourth-order valence-electron chi connectivity index (χ4n) is 1.65. The molecular weight excluding hydrogens is 242 g/mol. The lowest BCUT2D eigenvalue weighted by molar-refractivity contribution is 0.670. The molecule has 0 amide bonds. The van der Waals surface area contributed by atoms with Gasteiger partial charge < -0.3 is 5.73 Å². The van der Waals surface area contributed by atoms with Gasteiger partial charge >= 0.3 is 0 Å². The van der Waals surface area contributed by atoms with Crippen molar-refractivity contribution in [3.8, 4) is 0 Å². The quantitative estimate of drug-likeness (QED) is 0.917. The molecule has 2 aromatic rings. The molecule has 0 aliphatic rings. The number of hydrogen-bond donors (Lipinski definition) is 1. The second-order valence-corrected chi connectivity index (χ2v) is 5.40. The zero-order valence-corrected chi connectivity index (χ0v) is 10.8. The molecule has 86 valence electrons. The van der Waals surface area contributed by atoms with E-state index in [0.29, 0.717) is 0 Å². The van der Waals surface area contributed by atoms with Gasteiger partial charge in [-0.1, -0.05) is 18.5 Å². The van der Waals surface area contributed by atoms with Gasteiger partial charge in [0.15, 0.2) is 0 Å². The maximum atomic E-state index is 6.19. The third-order valence-corrected chi connectivity index (χ3v) is 3.86. The maximum Gasteiger partial charge on any atom is 0.0931 e. The predicted octanol–water partition coefficient (Wildman–Crippen LogP) is 2.75. The van der Waals surface area contributed by atoms with Gasteiger partial charge in [0, 0.05) is 11.9 Å². The smallest absolute Gasteiger partial charge is 0.0931 e. The first-order valence-electron chi connectivity index (χ1n) is 5.15. The first-order chi connectivity index (χ1) is 7.61. The molecule has 0 bridgehead atoms. The molecule has 0 spiro atoms. The molecule has 0 saturated heterocycles. The van der Waals surface area contributed by atoms with E-state index < -0.39 is 0 Å². The molecule has 2 aromatic heterocycles.